The average molecular weight is 252 g/mol. The molecule has 96 valence electrons. The van der Waals surface area contributed by atoms with Crippen LogP contribution in [0.2, 0.25) is 0 Å². The van der Waals surface area contributed by atoms with Crippen LogP contribution < -0.4 is 15.4 Å². The van der Waals surface area contributed by atoms with Gasteiger partial charge >= 0.3 is 6.03 Å². The zero-order valence-corrected chi connectivity index (χ0v) is 9.83. The second-order valence-electron chi connectivity index (χ2n) is 4.29. The van der Waals surface area contributed by atoms with Gasteiger partial charge in [0.25, 0.3) is 0 Å². The summed E-state index contributed by atoms with van der Waals surface area (Å²) < 4.78 is 18.7. The molecule has 1 atom stereocenters. The number of benzene rings is 1. The third-order valence-corrected chi connectivity index (χ3v) is 2.98. The molecule has 1 aromatic rings. The molecule has 0 aliphatic carbocycles. The van der Waals surface area contributed by atoms with Crippen LogP contribution >= 0.6 is 0 Å². The van der Waals surface area contributed by atoms with Gasteiger partial charge in [-0.15, -0.1) is 0 Å². The van der Waals surface area contributed by atoms with E-state index < -0.39 is 17.4 Å². The SMILES string of the molecule is CC1(NC(=O)NC=O)CCOc2ccc(F)cc21. The Morgan fingerprint density at radius 3 is 3.06 bits per heavy atom. The number of nitrogens with one attached hydrogen (secondary N) is 2. The van der Waals surface area contributed by atoms with Crippen LogP contribution in [0.1, 0.15) is 18.9 Å². The number of hydrogen-bond acceptors (Lipinski definition) is 3. The minimum Gasteiger partial charge on any atom is -0.493 e. The van der Waals surface area contributed by atoms with Crippen molar-refractivity contribution in [3.05, 3.63) is 29.6 Å². The molecule has 1 aliphatic heterocycles. The van der Waals surface area contributed by atoms with Crippen LogP contribution in [0.15, 0.2) is 18.2 Å². The number of hydrogen-bond donors (Lipinski definition) is 2. The third-order valence-electron chi connectivity index (χ3n) is 2.98. The lowest BCUT2D eigenvalue weighted by Gasteiger charge is -2.36. The second kappa shape index (κ2) is 4.64. The largest absolute Gasteiger partial charge is 0.493 e. The van der Waals surface area contributed by atoms with E-state index in [1.165, 1.54) is 18.2 Å². The number of rotatable bonds is 2. The minimum atomic E-state index is -0.761. The molecule has 0 saturated heterocycles. The first-order chi connectivity index (χ1) is 8.55. The van der Waals surface area contributed by atoms with Gasteiger partial charge in [0.05, 0.1) is 12.1 Å². The van der Waals surface area contributed by atoms with E-state index in [0.717, 1.165) is 0 Å². The Labute approximate surface area is 103 Å². The molecule has 1 aromatic carbocycles. The van der Waals surface area contributed by atoms with Gasteiger partial charge in [-0.3, -0.25) is 10.1 Å². The zero-order chi connectivity index (χ0) is 13.2. The van der Waals surface area contributed by atoms with Gasteiger partial charge in [0.1, 0.15) is 11.6 Å². The Hall–Kier alpha value is -2.11. The molecule has 0 radical (unpaired) electrons. The molecule has 0 aromatic heterocycles. The van der Waals surface area contributed by atoms with Gasteiger partial charge in [-0.1, -0.05) is 0 Å². The summed E-state index contributed by atoms with van der Waals surface area (Å²) in [6, 6.07) is 3.54. The number of urea groups is 1. The van der Waals surface area contributed by atoms with Crippen molar-refractivity contribution in [1.29, 1.82) is 0 Å². The summed E-state index contributed by atoms with van der Waals surface area (Å²) in [5.41, 5.74) is -0.197. The number of carbonyl (C=O) groups excluding carboxylic acids is 2. The molecular formula is C12H13FN2O3. The Kier molecular flexibility index (Phi) is 3.18. The molecule has 2 rings (SSSR count). The van der Waals surface area contributed by atoms with Crippen LogP contribution in [0.5, 0.6) is 5.75 Å². The van der Waals surface area contributed by atoms with E-state index in [2.05, 4.69) is 5.32 Å². The molecule has 18 heavy (non-hydrogen) atoms. The summed E-state index contributed by atoms with van der Waals surface area (Å²) in [7, 11) is 0. The fourth-order valence-corrected chi connectivity index (χ4v) is 2.03. The Morgan fingerprint density at radius 2 is 2.33 bits per heavy atom. The first-order valence-electron chi connectivity index (χ1n) is 5.50. The Bertz CT molecular complexity index is 492. The van der Waals surface area contributed by atoms with Gasteiger partial charge < -0.3 is 10.1 Å². The third kappa shape index (κ3) is 2.27. The summed E-state index contributed by atoms with van der Waals surface area (Å²) in [6.45, 7) is 2.18. The molecule has 5 nitrogen and oxygen atoms in total. The number of carbonyl (C=O) groups is 2. The van der Waals surface area contributed by atoms with Crippen LogP contribution in [0, 0.1) is 5.82 Å². The number of ether oxygens (including phenoxy) is 1. The molecule has 1 unspecified atom stereocenters. The topological polar surface area (TPSA) is 67.4 Å². The van der Waals surface area contributed by atoms with Crippen molar-refractivity contribution in [2.45, 2.75) is 18.9 Å². The smallest absolute Gasteiger partial charge is 0.321 e. The highest BCUT2D eigenvalue weighted by Gasteiger charge is 2.35. The molecule has 2 N–H and O–H groups in total. The maximum Gasteiger partial charge on any atom is 0.321 e. The average Bonchev–Trinajstić information content (AvgIpc) is 2.30. The molecule has 0 spiro atoms. The van der Waals surface area contributed by atoms with Crippen LogP contribution in [-0.4, -0.2) is 19.0 Å². The van der Waals surface area contributed by atoms with E-state index in [1.807, 2.05) is 5.32 Å². The summed E-state index contributed by atoms with van der Waals surface area (Å²) in [6.07, 6.45) is 0.792. The van der Waals surface area contributed by atoms with E-state index in [9.17, 15) is 14.0 Å². The van der Waals surface area contributed by atoms with Crippen molar-refractivity contribution < 1.29 is 18.7 Å². The second-order valence-corrected chi connectivity index (χ2v) is 4.29. The van der Waals surface area contributed by atoms with Crippen molar-refractivity contribution in [2.24, 2.45) is 0 Å². The van der Waals surface area contributed by atoms with Crippen LogP contribution in [-0.2, 0) is 10.3 Å². The number of imide groups is 1. The van der Waals surface area contributed by atoms with Crippen LogP contribution in [0.4, 0.5) is 9.18 Å². The normalized spacial score (nSPS) is 21.4. The van der Waals surface area contributed by atoms with Crippen molar-refractivity contribution >= 4 is 12.4 Å². The van der Waals surface area contributed by atoms with Crippen LogP contribution in [0.3, 0.4) is 0 Å². The van der Waals surface area contributed by atoms with E-state index in [1.54, 1.807) is 6.92 Å². The van der Waals surface area contributed by atoms with Crippen molar-refractivity contribution in [2.75, 3.05) is 6.61 Å². The van der Waals surface area contributed by atoms with E-state index in [-0.39, 0.29) is 0 Å². The molecule has 1 aliphatic rings. The lowest BCUT2D eigenvalue weighted by atomic mass is 9.86. The quantitative estimate of drug-likeness (QED) is 0.779. The summed E-state index contributed by atoms with van der Waals surface area (Å²) in [5.74, 6) is 0.139. The molecule has 0 bridgehead atoms. The van der Waals surface area contributed by atoms with Gasteiger partial charge in [-0.25, -0.2) is 9.18 Å². The Balaban J connectivity index is 2.32. The molecular weight excluding hydrogens is 239 g/mol. The van der Waals surface area contributed by atoms with E-state index >= 15 is 0 Å². The monoisotopic (exact) mass is 252 g/mol. The highest BCUT2D eigenvalue weighted by Crippen LogP contribution is 2.36. The molecule has 6 heteroatoms. The van der Waals surface area contributed by atoms with Crippen molar-refractivity contribution in [3.8, 4) is 5.75 Å². The first kappa shape index (κ1) is 12.3. The van der Waals surface area contributed by atoms with Gasteiger partial charge in [0, 0.05) is 12.0 Å². The fourth-order valence-electron chi connectivity index (χ4n) is 2.03. The fraction of sp³-hybridized carbons (Fsp3) is 0.333. The minimum absolute atomic E-state index is 0.296. The van der Waals surface area contributed by atoms with Gasteiger partial charge in [0.2, 0.25) is 6.41 Å². The Morgan fingerprint density at radius 1 is 1.56 bits per heavy atom. The van der Waals surface area contributed by atoms with E-state index in [4.69, 9.17) is 4.74 Å². The summed E-state index contributed by atoms with van der Waals surface area (Å²) >= 11 is 0. The van der Waals surface area contributed by atoms with E-state index in [0.29, 0.717) is 30.8 Å². The van der Waals surface area contributed by atoms with Crippen LogP contribution in [0.25, 0.3) is 0 Å². The van der Waals surface area contributed by atoms with Crippen molar-refractivity contribution in [3.63, 3.8) is 0 Å². The maximum absolute atomic E-state index is 13.3. The lowest BCUT2D eigenvalue weighted by Crippen LogP contribution is -2.50. The van der Waals surface area contributed by atoms with Crippen molar-refractivity contribution in [1.82, 2.24) is 10.6 Å². The number of halogens is 1. The van der Waals surface area contributed by atoms with Gasteiger partial charge in [0.15, 0.2) is 0 Å². The lowest BCUT2D eigenvalue weighted by molar-refractivity contribution is -0.108. The highest BCUT2D eigenvalue weighted by atomic mass is 19.1. The predicted molar refractivity (Wildman–Crippen MR) is 61.6 cm³/mol. The first-order valence-corrected chi connectivity index (χ1v) is 5.50. The number of amides is 3. The standard InChI is InChI=1S/C12H13FN2O3/c1-12(15-11(17)14-7-16)4-5-18-10-3-2-8(13)6-9(10)12/h2-3,6-7H,4-5H2,1H3,(H2,14,15,16,17). The van der Waals surface area contributed by atoms with Gasteiger partial charge in [-0.05, 0) is 25.1 Å². The summed E-state index contributed by atoms with van der Waals surface area (Å²) in [4.78, 5) is 21.6. The maximum atomic E-state index is 13.3. The summed E-state index contributed by atoms with van der Waals surface area (Å²) in [5, 5.41) is 4.65. The van der Waals surface area contributed by atoms with Gasteiger partial charge in [-0.2, -0.15) is 0 Å². The predicted octanol–water partition coefficient (Wildman–Crippen LogP) is 1.28. The molecule has 0 fully saturated rings. The number of fused-ring (bicyclic) bond motifs is 1. The zero-order valence-electron chi connectivity index (χ0n) is 9.83. The highest BCUT2D eigenvalue weighted by molar-refractivity contribution is 5.85. The molecule has 0 saturated carbocycles. The molecule has 3 amide bonds. The molecule has 1 heterocycles.